The molecule has 1 saturated carbocycles. The Kier molecular flexibility index (Phi) is 6.82. The van der Waals surface area contributed by atoms with Gasteiger partial charge in [-0.05, 0) is 81.5 Å². The highest BCUT2D eigenvalue weighted by molar-refractivity contribution is 7.97. The Morgan fingerprint density at radius 3 is 1.94 bits per heavy atom. The van der Waals surface area contributed by atoms with E-state index < -0.39 is 0 Å². The van der Waals surface area contributed by atoms with Gasteiger partial charge in [-0.3, -0.25) is 0 Å². The molecule has 0 N–H and O–H groups in total. The molecule has 0 atom stereocenters. The summed E-state index contributed by atoms with van der Waals surface area (Å²) in [5.41, 5.74) is 0.819. The largest absolute Gasteiger partial charge is 0.480 e. The van der Waals surface area contributed by atoms with Crippen LogP contribution in [0.1, 0.15) is 46.0 Å². The van der Waals surface area contributed by atoms with Gasteiger partial charge in [-0.1, -0.05) is 48.9 Å². The molecule has 0 spiro atoms. The van der Waals surface area contributed by atoms with E-state index in [0.717, 1.165) is 30.6 Å². The zero-order chi connectivity index (χ0) is 21.7. The summed E-state index contributed by atoms with van der Waals surface area (Å²) in [4.78, 5) is 3.31. The van der Waals surface area contributed by atoms with Gasteiger partial charge in [0.05, 0.1) is 10.9 Å². The van der Waals surface area contributed by atoms with Crippen molar-refractivity contribution in [2.75, 3.05) is 0 Å². The molecule has 0 bridgehead atoms. The van der Waals surface area contributed by atoms with Crippen LogP contribution in [0.25, 0.3) is 0 Å². The molecule has 1 aliphatic rings. The van der Waals surface area contributed by atoms with E-state index in [0.29, 0.717) is 5.75 Å². The summed E-state index contributed by atoms with van der Waals surface area (Å²) in [6.45, 7) is 4.15. The SMILES string of the molecule is C/C=C(/C)C1(Oc2ccc([S+](c3ccccc3)c3ccccc3)cc2F)CCCCC1. The van der Waals surface area contributed by atoms with Gasteiger partial charge in [0.2, 0.25) is 0 Å². The maximum Gasteiger partial charge on any atom is 0.170 e. The van der Waals surface area contributed by atoms with E-state index in [4.69, 9.17) is 4.74 Å². The van der Waals surface area contributed by atoms with E-state index in [1.807, 2.05) is 55.5 Å². The Labute approximate surface area is 188 Å². The van der Waals surface area contributed by atoms with Crippen molar-refractivity contribution in [1.82, 2.24) is 0 Å². The van der Waals surface area contributed by atoms with Crippen molar-refractivity contribution in [3.8, 4) is 5.75 Å². The van der Waals surface area contributed by atoms with Crippen LogP contribution in [0.5, 0.6) is 5.75 Å². The molecular weight excluding hydrogens is 403 g/mol. The second kappa shape index (κ2) is 9.74. The highest BCUT2D eigenvalue weighted by atomic mass is 32.2. The van der Waals surface area contributed by atoms with Crippen LogP contribution in [0.2, 0.25) is 0 Å². The summed E-state index contributed by atoms with van der Waals surface area (Å²) >= 11 is 0. The van der Waals surface area contributed by atoms with Gasteiger partial charge < -0.3 is 4.74 Å². The van der Waals surface area contributed by atoms with Crippen molar-refractivity contribution in [2.24, 2.45) is 0 Å². The first-order chi connectivity index (χ1) is 15.1. The lowest BCUT2D eigenvalue weighted by Crippen LogP contribution is -2.39. The fraction of sp³-hybridized carbons (Fsp3) is 0.286. The summed E-state index contributed by atoms with van der Waals surface area (Å²) in [5, 5.41) is 0. The Hall–Kier alpha value is -2.52. The van der Waals surface area contributed by atoms with Crippen molar-refractivity contribution in [1.29, 1.82) is 0 Å². The standard InChI is InChI=1S/C28H30FOS/c1-3-22(2)28(19-11-6-12-20-28)30-27-18-17-25(21-26(27)29)31(23-13-7-4-8-14-23)24-15-9-5-10-16-24/h3-5,7-10,13-18,21H,6,11-12,19-20H2,1-2H3/q+1/b22-3-. The van der Waals surface area contributed by atoms with Gasteiger partial charge in [0.1, 0.15) is 5.60 Å². The van der Waals surface area contributed by atoms with Crippen LogP contribution in [0.4, 0.5) is 4.39 Å². The molecule has 1 aliphatic carbocycles. The van der Waals surface area contributed by atoms with Crippen LogP contribution in [0.15, 0.2) is 105 Å². The second-order valence-electron chi connectivity index (χ2n) is 8.15. The maximum atomic E-state index is 15.4. The van der Waals surface area contributed by atoms with Crippen molar-refractivity contribution in [3.63, 3.8) is 0 Å². The molecule has 160 valence electrons. The minimum atomic E-state index is -0.379. The van der Waals surface area contributed by atoms with E-state index in [2.05, 4.69) is 37.3 Å². The first kappa shape index (κ1) is 21.7. The predicted octanol–water partition coefficient (Wildman–Crippen LogP) is 7.97. The van der Waals surface area contributed by atoms with Gasteiger partial charge >= 0.3 is 0 Å². The molecule has 4 rings (SSSR count). The lowest BCUT2D eigenvalue weighted by atomic mass is 9.79. The quantitative estimate of drug-likeness (QED) is 0.283. The zero-order valence-electron chi connectivity index (χ0n) is 18.3. The topological polar surface area (TPSA) is 9.23 Å². The number of hydrogen-bond acceptors (Lipinski definition) is 1. The summed E-state index contributed by atoms with van der Waals surface area (Å²) in [5.74, 6) is 0.0761. The number of hydrogen-bond donors (Lipinski definition) is 0. The van der Waals surface area contributed by atoms with Gasteiger partial charge in [-0.2, -0.15) is 0 Å². The van der Waals surface area contributed by atoms with Crippen molar-refractivity contribution in [2.45, 2.75) is 66.2 Å². The predicted molar refractivity (Wildman–Crippen MR) is 127 cm³/mol. The van der Waals surface area contributed by atoms with E-state index in [9.17, 15) is 0 Å². The van der Waals surface area contributed by atoms with Crippen molar-refractivity contribution < 1.29 is 9.13 Å². The molecule has 3 heteroatoms. The third-order valence-electron chi connectivity index (χ3n) is 6.22. The molecule has 0 amide bonds. The van der Waals surface area contributed by atoms with Gasteiger partial charge in [-0.25, -0.2) is 4.39 Å². The first-order valence-corrected chi connectivity index (χ1v) is 12.3. The average Bonchev–Trinajstić information content (AvgIpc) is 2.82. The monoisotopic (exact) mass is 433 g/mol. The number of halogens is 1. The van der Waals surface area contributed by atoms with Gasteiger partial charge in [0.25, 0.3) is 0 Å². The molecule has 31 heavy (non-hydrogen) atoms. The van der Waals surface area contributed by atoms with Crippen molar-refractivity contribution >= 4 is 10.9 Å². The lowest BCUT2D eigenvalue weighted by molar-refractivity contribution is 0.0612. The van der Waals surface area contributed by atoms with E-state index >= 15 is 4.39 Å². The van der Waals surface area contributed by atoms with Gasteiger partial charge in [-0.15, -0.1) is 0 Å². The summed E-state index contributed by atoms with van der Waals surface area (Å²) in [7, 11) is -0.368. The van der Waals surface area contributed by atoms with Crippen LogP contribution in [0, 0.1) is 5.82 Å². The van der Waals surface area contributed by atoms with Crippen LogP contribution < -0.4 is 4.74 Å². The Balaban J connectivity index is 1.70. The van der Waals surface area contributed by atoms with Crippen LogP contribution in [-0.4, -0.2) is 5.60 Å². The number of allylic oxidation sites excluding steroid dienone is 1. The molecule has 0 aromatic heterocycles. The molecule has 3 aromatic carbocycles. The number of rotatable bonds is 6. The fourth-order valence-electron chi connectivity index (χ4n) is 4.39. The first-order valence-electron chi connectivity index (χ1n) is 11.1. The third-order valence-corrected chi connectivity index (χ3v) is 8.43. The van der Waals surface area contributed by atoms with Gasteiger partial charge in [0, 0.05) is 6.07 Å². The summed E-state index contributed by atoms with van der Waals surface area (Å²) in [6, 6.07) is 26.2. The molecule has 1 fully saturated rings. The average molecular weight is 434 g/mol. The summed E-state index contributed by atoms with van der Waals surface area (Å²) < 4.78 is 21.8. The highest BCUT2D eigenvalue weighted by Crippen LogP contribution is 2.40. The minimum absolute atomic E-state index is 0.282. The molecule has 0 unspecified atom stereocenters. The third kappa shape index (κ3) is 4.72. The molecule has 0 heterocycles. The molecule has 0 aliphatic heterocycles. The highest BCUT2D eigenvalue weighted by Gasteiger charge is 2.37. The molecule has 0 saturated heterocycles. The molecule has 1 nitrogen and oxygen atoms in total. The van der Waals surface area contributed by atoms with Crippen LogP contribution in [0.3, 0.4) is 0 Å². The minimum Gasteiger partial charge on any atom is -0.480 e. The zero-order valence-corrected chi connectivity index (χ0v) is 19.1. The molecular formula is C28H30FOS+. The fourth-order valence-corrected chi connectivity index (χ4v) is 6.49. The van der Waals surface area contributed by atoms with Crippen LogP contribution >= 0.6 is 0 Å². The maximum absolute atomic E-state index is 15.4. The smallest absolute Gasteiger partial charge is 0.170 e. The Morgan fingerprint density at radius 2 is 1.42 bits per heavy atom. The Morgan fingerprint density at radius 1 is 0.839 bits per heavy atom. The second-order valence-corrected chi connectivity index (χ2v) is 10.2. The molecule has 0 radical (unpaired) electrons. The normalized spacial score (nSPS) is 16.3. The number of benzene rings is 3. The van der Waals surface area contributed by atoms with Crippen LogP contribution in [-0.2, 0) is 10.9 Å². The lowest BCUT2D eigenvalue weighted by Gasteiger charge is -2.38. The van der Waals surface area contributed by atoms with E-state index in [-0.39, 0.29) is 22.3 Å². The number of ether oxygens (including phenoxy) is 1. The van der Waals surface area contributed by atoms with E-state index in [1.54, 1.807) is 6.07 Å². The molecule has 3 aromatic rings. The summed E-state index contributed by atoms with van der Waals surface area (Å²) in [6.07, 6.45) is 7.47. The Bertz CT molecular complexity index is 984. The van der Waals surface area contributed by atoms with Gasteiger partial charge in [0.15, 0.2) is 26.3 Å². The van der Waals surface area contributed by atoms with E-state index in [1.165, 1.54) is 21.8 Å². The van der Waals surface area contributed by atoms with Crippen molar-refractivity contribution in [3.05, 3.63) is 96.3 Å².